The molecule has 0 N–H and O–H groups in total. The van der Waals surface area contributed by atoms with Crippen molar-refractivity contribution >= 4 is 15.9 Å². The highest BCUT2D eigenvalue weighted by molar-refractivity contribution is 9.08. The minimum Gasteiger partial charge on any atom is -0.0876 e. The van der Waals surface area contributed by atoms with Gasteiger partial charge in [-0.05, 0) is 24.0 Å². The van der Waals surface area contributed by atoms with E-state index in [-0.39, 0.29) is 0 Å². The average molecular weight is 297 g/mol. The molecule has 0 nitrogen and oxygen atoms in total. The molecule has 0 aliphatic rings. The Balaban J connectivity index is 2.13. The lowest BCUT2D eigenvalue weighted by Gasteiger charge is -2.06. The van der Waals surface area contributed by atoms with Crippen molar-refractivity contribution in [3.05, 3.63) is 35.4 Å². The number of hydrogen-bond acceptors (Lipinski definition) is 0. The second-order valence-corrected chi connectivity index (χ2v) is 5.33. The summed E-state index contributed by atoms with van der Waals surface area (Å²) in [5.74, 6) is 0. The highest BCUT2D eigenvalue weighted by Gasteiger charge is 1.99. The van der Waals surface area contributed by atoms with Crippen LogP contribution in [0, 0.1) is 0 Å². The van der Waals surface area contributed by atoms with Crippen molar-refractivity contribution < 1.29 is 0 Å². The van der Waals surface area contributed by atoms with Crippen LogP contribution in [0.3, 0.4) is 0 Å². The van der Waals surface area contributed by atoms with Crippen LogP contribution in [0.2, 0.25) is 0 Å². The Morgan fingerprint density at radius 1 is 0.824 bits per heavy atom. The van der Waals surface area contributed by atoms with Crippen LogP contribution in [0.1, 0.15) is 63.0 Å². The molecular formula is C16H25Br. The van der Waals surface area contributed by atoms with Crippen LogP contribution in [0.4, 0.5) is 0 Å². The second kappa shape index (κ2) is 9.70. The number of benzene rings is 1. The van der Waals surface area contributed by atoms with Gasteiger partial charge in [0.1, 0.15) is 0 Å². The summed E-state index contributed by atoms with van der Waals surface area (Å²) in [6, 6.07) is 8.78. The lowest BCUT2D eigenvalue weighted by atomic mass is 10.0. The van der Waals surface area contributed by atoms with Gasteiger partial charge in [0, 0.05) is 5.33 Å². The Bertz CT molecular complexity index is 293. The van der Waals surface area contributed by atoms with E-state index in [4.69, 9.17) is 0 Å². The molecule has 0 saturated carbocycles. The zero-order valence-corrected chi connectivity index (χ0v) is 12.6. The van der Waals surface area contributed by atoms with Crippen molar-refractivity contribution in [1.82, 2.24) is 0 Å². The van der Waals surface area contributed by atoms with Crippen LogP contribution in [0.5, 0.6) is 0 Å². The Morgan fingerprint density at radius 2 is 1.41 bits per heavy atom. The molecule has 1 rings (SSSR count). The molecule has 0 radical (unpaired) electrons. The number of aryl methyl sites for hydroxylation is 1. The van der Waals surface area contributed by atoms with Crippen molar-refractivity contribution in [3.8, 4) is 0 Å². The first kappa shape index (κ1) is 14.8. The van der Waals surface area contributed by atoms with Crippen LogP contribution < -0.4 is 0 Å². The van der Waals surface area contributed by atoms with E-state index in [9.17, 15) is 0 Å². The van der Waals surface area contributed by atoms with Gasteiger partial charge >= 0.3 is 0 Å². The molecule has 0 saturated heterocycles. The van der Waals surface area contributed by atoms with E-state index < -0.39 is 0 Å². The topological polar surface area (TPSA) is 0 Å². The number of alkyl halides is 1. The van der Waals surface area contributed by atoms with E-state index in [1.54, 1.807) is 0 Å². The molecule has 96 valence electrons. The fourth-order valence-electron chi connectivity index (χ4n) is 2.20. The minimum absolute atomic E-state index is 0.986. The fraction of sp³-hybridized carbons (Fsp3) is 0.625. The van der Waals surface area contributed by atoms with Crippen molar-refractivity contribution in [2.24, 2.45) is 0 Å². The minimum atomic E-state index is 0.986. The van der Waals surface area contributed by atoms with Crippen LogP contribution in [-0.2, 0) is 11.8 Å². The Kier molecular flexibility index (Phi) is 8.42. The van der Waals surface area contributed by atoms with Crippen LogP contribution in [0.25, 0.3) is 0 Å². The molecule has 0 aliphatic carbocycles. The average Bonchev–Trinajstić information content (AvgIpc) is 2.38. The largest absolute Gasteiger partial charge is 0.0876 e. The van der Waals surface area contributed by atoms with E-state index in [0.29, 0.717) is 0 Å². The van der Waals surface area contributed by atoms with Crippen molar-refractivity contribution in [1.29, 1.82) is 0 Å². The smallest absolute Gasteiger partial charge is 0.0285 e. The van der Waals surface area contributed by atoms with E-state index in [0.717, 1.165) is 5.33 Å². The Labute approximate surface area is 115 Å². The molecule has 0 unspecified atom stereocenters. The van der Waals surface area contributed by atoms with Gasteiger partial charge in [-0.15, -0.1) is 0 Å². The third-order valence-corrected chi connectivity index (χ3v) is 3.92. The van der Waals surface area contributed by atoms with Gasteiger partial charge in [-0.3, -0.25) is 0 Å². The molecule has 0 amide bonds. The summed E-state index contributed by atoms with van der Waals surface area (Å²) in [4.78, 5) is 0. The van der Waals surface area contributed by atoms with Gasteiger partial charge in [0.2, 0.25) is 0 Å². The summed E-state index contributed by atoms with van der Waals surface area (Å²) in [7, 11) is 0. The van der Waals surface area contributed by atoms with Gasteiger partial charge in [-0.25, -0.2) is 0 Å². The lowest BCUT2D eigenvalue weighted by molar-refractivity contribution is 0.589. The third-order valence-electron chi connectivity index (χ3n) is 3.31. The van der Waals surface area contributed by atoms with Crippen molar-refractivity contribution in [3.63, 3.8) is 0 Å². The molecule has 0 heterocycles. The standard InChI is InChI=1S/C16H25Br/c1-2-3-4-5-6-7-8-11-15-12-9-10-13-16(15)14-17/h9-10,12-13H,2-8,11,14H2,1H3. The van der Waals surface area contributed by atoms with Gasteiger partial charge in [-0.2, -0.15) is 0 Å². The third kappa shape index (κ3) is 6.26. The summed E-state index contributed by atoms with van der Waals surface area (Å²) >= 11 is 3.56. The molecule has 0 fully saturated rings. The molecule has 0 atom stereocenters. The number of hydrogen-bond donors (Lipinski definition) is 0. The molecule has 1 aromatic rings. The van der Waals surface area contributed by atoms with Gasteiger partial charge < -0.3 is 0 Å². The number of halogens is 1. The molecule has 1 aromatic carbocycles. The lowest BCUT2D eigenvalue weighted by Crippen LogP contribution is -1.91. The maximum absolute atomic E-state index is 3.56. The summed E-state index contributed by atoms with van der Waals surface area (Å²) in [6.07, 6.45) is 11.0. The molecule has 17 heavy (non-hydrogen) atoms. The maximum Gasteiger partial charge on any atom is 0.0285 e. The van der Waals surface area contributed by atoms with Gasteiger partial charge in [0.15, 0.2) is 0 Å². The Morgan fingerprint density at radius 3 is 2.06 bits per heavy atom. The monoisotopic (exact) mass is 296 g/mol. The molecule has 1 heteroatoms. The SMILES string of the molecule is CCCCCCCCCc1ccccc1CBr. The first-order chi connectivity index (χ1) is 8.38. The summed E-state index contributed by atoms with van der Waals surface area (Å²) < 4.78 is 0. The van der Waals surface area contributed by atoms with E-state index in [1.165, 1.54) is 62.5 Å². The predicted molar refractivity (Wildman–Crippen MR) is 80.8 cm³/mol. The highest BCUT2D eigenvalue weighted by Crippen LogP contribution is 2.16. The zero-order valence-electron chi connectivity index (χ0n) is 11.1. The maximum atomic E-state index is 3.56. The number of unbranched alkanes of at least 4 members (excludes halogenated alkanes) is 6. The van der Waals surface area contributed by atoms with Gasteiger partial charge in [0.25, 0.3) is 0 Å². The molecule has 0 bridgehead atoms. The number of rotatable bonds is 9. The summed E-state index contributed by atoms with van der Waals surface area (Å²) in [5.41, 5.74) is 2.98. The van der Waals surface area contributed by atoms with Crippen molar-refractivity contribution in [2.75, 3.05) is 0 Å². The van der Waals surface area contributed by atoms with E-state index in [1.807, 2.05) is 0 Å². The highest BCUT2D eigenvalue weighted by atomic mass is 79.9. The molecule has 0 spiro atoms. The normalized spacial score (nSPS) is 10.7. The van der Waals surface area contributed by atoms with Gasteiger partial charge in [-0.1, -0.05) is 85.6 Å². The van der Waals surface area contributed by atoms with E-state index >= 15 is 0 Å². The quantitative estimate of drug-likeness (QED) is 0.395. The predicted octanol–water partition coefficient (Wildman–Crippen LogP) is 5.87. The van der Waals surface area contributed by atoms with Crippen LogP contribution >= 0.6 is 15.9 Å². The Hall–Kier alpha value is -0.300. The summed E-state index contributed by atoms with van der Waals surface area (Å²) in [5, 5.41) is 0.986. The molecule has 0 aliphatic heterocycles. The first-order valence-electron chi connectivity index (χ1n) is 7.01. The molecule has 0 aromatic heterocycles. The van der Waals surface area contributed by atoms with Crippen LogP contribution in [0.15, 0.2) is 24.3 Å². The fourth-order valence-corrected chi connectivity index (χ4v) is 2.75. The van der Waals surface area contributed by atoms with Gasteiger partial charge in [0.05, 0.1) is 0 Å². The summed E-state index contributed by atoms with van der Waals surface area (Å²) in [6.45, 7) is 2.28. The van der Waals surface area contributed by atoms with E-state index in [2.05, 4.69) is 47.1 Å². The second-order valence-electron chi connectivity index (χ2n) is 4.77. The molecular weight excluding hydrogens is 272 g/mol. The van der Waals surface area contributed by atoms with Crippen LogP contribution in [-0.4, -0.2) is 0 Å². The zero-order chi connectivity index (χ0) is 12.3. The van der Waals surface area contributed by atoms with Crippen molar-refractivity contribution in [2.45, 2.75) is 63.6 Å². The first-order valence-corrected chi connectivity index (χ1v) is 8.13.